The van der Waals surface area contributed by atoms with Crippen LogP contribution in [0.2, 0.25) is 0 Å². The molecule has 2 aromatic rings. The number of aliphatic hydroxyl groups excluding tert-OH is 3. The van der Waals surface area contributed by atoms with Gasteiger partial charge in [-0.1, -0.05) is 24.3 Å². The molecule has 10 nitrogen and oxygen atoms in total. The summed E-state index contributed by atoms with van der Waals surface area (Å²) >= 11 is 0. The van der Waals surface area contributed by atoms with E-state index in [1.165, 1.54) is 36.4 Å². The highest BCUT2D eigenvalue weighted by atomic mass is 16.5. The molecule has 7 atom stereocenters. The van der Waals surface area contributed by atoms with Gasteiger partial charge in [0.2, 0.25) is 0 Å². The number of carbonyl (C=O) groups is 2. The highest BCUT2D eigenvalue weighted by molar-refractivity contribution is 5.94. The van der Waals surface area contributed by atoms with Gasteiger partial charge in [-0.15, -0.1) is 0 Å². The summed E-state index contributed by atoms with van der Waals surface area (Å²) in [6.45, 7) is 8.65. The van der Waals surface area contributed by atoms with Gasteiger partial charge in [-0.05, 0) is 63.1 Å². The molecule has 2 aliphatic rings. The molecule has 4 rings (SSSR count). The molecule has 10 heteroatoms. The second-order valence-electron chi connectivity index (χ2n) is 10.7. The molecule has 0 heterocycles. The van der Waals surface area contributed by atoms with Gasteiger partial charge in [0.25, 0.3) is 11.8 Å². The molecule has 2 aliphatic carbocycles. The summed E-state index contributed by atoms with van der Waals surface area (Å²) < 4.78 is 0. The Morgan fingerprint density at radius 1 is 0.775 bits per heavy atom. The molecule has 2 amide bonds. The van der Waals surface area contributed by atoms with Crippen molar-refractivity contribution in [1.82, 2.24) is 9.80 Å². The van der Waals surface area contributed by atoms with Crippen LogP contribution < -0.4 is 0 Å². The van der Waals surface area contributed by atoms with E-state index in [-0.39, 0.29) is 17.4 Å². The van der Waals surface area contributed by atoms with Crippen molar-refractivity contribution in [3.63, 3.8) is 0 Å². The summed E-state index contributed by atoms with van der Waals surface area (Å²) in [6, 6.07) is 12.2. The van der Waals surface area contributed by atoms with Crippen LogP contribution in [0.15, 0.2) is 48.5 Å². The molecule has 3 unspecified atom stereocenters. The average molecular weight is 557 g/mol. The fourth-order valence-corrected chi connectivity index (χ4v) is 6.85. The Bertz CT molecular complexity index is 1230. The average Bonchev–Trinajstić information content (AvgIpc) is 2.98. The summed E-state index contributed by atoms with van der Waals surface area (Å²) in [5, 5.41) is 67.1. The minimum absolute atomic E-state index is 0.181. The quantitative estimate of drug-likeness (QED) is 0.246. The van der Waals surface area contributed by atoms with Gasteiger partial charge in [0.05, 0.1) is 18.6 Å². The van der Waals surface area contributed by atoms with E-state index in [1.54, 1.807) is 21.9 Å². The minimum Gasteiger partial charge on any atom is -0.394 e. The molecular weight excluding hydrogens is 516 g/mol. The molecule has 218 valence electrons. The lowest BCUT2D eigenvalue weighted by molar-refractivity contribution is -0.459. The van der Waals surface area contributed by atoms with Gasteiger partial charge in [-0.25, -0.2) is 0 Å². The predicted molar refractivity (Wildman–Crippen MR) is 147 cm³/mol. The number of fused-ring (bicyclic) bond motifs is 1. The van der Waals surface area contributed by atoms with Crippen LogP contribution in [0.4, 0.5) is 0 Å². The van der Waals surface area contributed by atoms with Gasteiger partial charge in [-0.2, -0.15) is 0 Å². The zero-order valence-electron chi connectivity index (χ0n) is 23.4. The number of benzene rings is 2. The van der Waals surface area contributed by atoms with Crippen molar-refractivity contribution in [1.29, 1.82) is 0 Å². The van der Waals surface area contributed by atoms with Crippen LogP contribution in [0.25, 0.3) is 0 Å². The highest BCUT2D eigenvalue weighted by Crippen LogP contribution is 2.75. The molecule has 2 fully saturated rings. The summed E-state index contributed by atoms with van der Waals surface area (Å²) in [5.74, 6) is -2.97. The number of nitrogens with zero attached hydrogens (tertiary/aromatic N) is 2. The molecule has 0 bridgehead atoms. The first-order chi connectivity index (χ1) is 18.9. The second-order valence-corrected chi connectivity index (χ2v) is 10.7. The van der Waals surface area contributed by atoms with Crippen LogP contribution in [0.5, 0.6) is 0 Å². The number of hydrogen-bond donors (Lipinski definition) is 6. The van der Waals surface area contributed by atoms with Gasteiger partial charge in [-0.3, -0.25) is 9.59 Å². The molecule has 0 spiro atoms. The van der Waals surface area contributed by atoms with E-state index in [4.69, 9.17) is 0 Å². The maximum absolute atomic E-state index is 12.7. The monoisotopic (exact) mass is 556 g/mol. The molecule has 0 saturated heterocycles. The van der Waals surface area contributed by atoms with Crippen LogP contribution in [0.1, 0.15) is 71.4 Å². The Labute approximate surface area is 234 Å². The third kappa shape index (κ3) is 3.85. The summed E-state index contributed by atoms with van der Waals surface area (Å²) in [6.07, 6.45) is -3.41. The van der Waals surface area contributed by atoms with Crippen molar-refractivity contribution in [2.24, 2.45) is 0 Å². The predicted octanol–water partition coefficient (Wildman–Crippen LogP) is 0.453. The van der Waals surface area contributed by atoms with Gasteiger partial charge in [0.15, 0.2) is 0 Å². The number of carbonyl (C=O) groups excluding carboxylic acids is 2. The third-order valence-corrected chi connectivity index (χ3v) is 9.11. The Balaban J connectivity index is 1.69. The fourth-order valence-electron chi connectivity index (χ4n) is 6.85. The van der Waals surface area contributed by atoms with Crippen LogP contribution in [0.3, 0.4) is 0 Å². The molecule has 0 aromatic heterocycles. The lowest BCUT2D eigenvalue weighted by Crippen LogP contribution is -2.99. The van der Waals surface area contributed by atoms with Crippen molar-refractivity contribution in [2.45, 2.75) is 68.5 Å². The summed E-state index contributed by atoms with van der Waals surface area (Å²) in [7, 11) is 0. The molecule has 0 radical (unpaired) electrons. The first-order valence-corrected chi connectivity index (χ1v) is 13.9. The lowest BCUT2D eigenvalue weighted by Gasteiger charge is -2.80. The Hall–Kier alpha value is -2.86. The molecule has 40 heavy (non-hydrogen) atoms. The van der Waals surface area contributed by atoms with E-state index in [0.717, 1.165) is 0 Å². The van der Waals surface area contributed by atoms with Gasteiger partial charge in [0, 0.05) is 43.2 Å². The van der Waals surface area contributed by atoms with Crippen LogP contribution in [-0.4, -0.2) is 114 Å². The molecule has 2 aromatic carbocycles. The Morgan fingerprint density at radius 2 is 1.18 bits per heavy atom. The SMILES string of the molecule is CCN(CC)C(=O)c1ccc(C2C(O)[C@@]3(O)C(c4ccc(C(=O)N(CC)CC)cc4)[C@@](O)([C@H](O)CO)[C@@]23O)cc1. The normalized spacial score (nSPS) is 31.4. The van der Waals surface area contributed by atoms with Gasteiger partial charge in [0.1, 0.15) is 22.9 Å². The number of aliphatic hydroxyl groups is 6. The maximum atomic E-state index is 12.7. The summed E-state index contributed by atoms with van der Waals surface area (Å²) in [4.78, 5) is 28.7. The van der Waals surface area contributed by atoms with Crippen LogP contribution in [-0.2, 0) is 0 Å². The van der Waals surface area contributed by atoms with Crippen molar-refractivity contribution in [3.05, 3.63) is 70.8 Å². The molecule has 2 saturated carbocycles. The van der Waals surface area contributed by atoms with Crippen molar-refractivity contribution >= 4 is 11.8 Å². The number of rotatable bonds is 10. The largest absolute Gasteiger partial charge is 0.394 e. The van der Waals surface area contributed by atoms with E-state index in [2.05, 4.69) is 0 Å². The van der Waals surface area contributed by atoms with Crippen molar-refractivity contribution < 1.29 is 40.2 Å². The van der Waals surface area contributed by atoms with E-state index in [1.807, 2.05) is 27.7 Å². The van der Waals surface area contributed by atoms with E-state index in [0.29, 0.717) is 42.9 Å². The number of hydrogen-bond acceptors (Lipinski definition) is 8. The molecular formula is C30H40N2O8. The first-order valence-electron chi connectivity index (χ1n) is 13.9. The topological polar surface area (TPSA) is 162 Å². The molecule has 6 N–H and O–H groups in total. The smallest absolute Gasteiger partial charge is 0.253 e. The summed E-state index contributed by atoms with van der Waals surface area (Å²) in [5.41, 5.74) is -5.73. The highest BCUT2D eigenvalue weighted by Gasteiger charge is 2.93. The van der Waals surface area contributed by atoms with Crippen LogP contribution in [0, 0.1) is 0 Å². The second kappa shape index (κ2) is 10.8. The van der Waals surface area contributed by atoms with E-state index < -0.39 is 47.5 Å². The van der Waals surface area contributed by atoms with Crippen LogP contribution >= 0.6 is 0 Å². The zero-order valence-corrected chi connectivity index (χ0v) is 23.4. The third-order valence-electron chi connectivity index (χ3n) is 9.11. The maximum Gasteiger partial charge on any atom is 0.253 e. The van der Waals surface area contributed by atoms with Crippen molar-refractivity contribution in [3.8, 4) is 0 Å². The van der Waals surface area contributed by atoms with Gasteiger partial charge < -0.3 is 40.4 Å². The first kappa shape index (κ1) is 30.1. The van der Waals surface area contributed by atoms with Crippen molar-refractivity contribution in [2.75, 3.05) is 32.8 Å². The standard InChI is InChI=1S/C30H40N2O8/c1-5-31(6-2)26(36)20-13-9-18(10-14-20)23-25(35)29(39)24(28(38,22(34)17-33)30(23,29)40)19-11-15-21(16-12-19)27(37)32(7-3)8-4/h9-16,22-25,33-35,38-40H,5-8,17H2,1-4H3/t22-,23?,24?,25?,28+,29+,30+/m1/s1. The fraction of sp³-hybridized carbons (Fsp3) is 0.533. The number of amides is 2. The van der Waals surface area contributed by atoms with Gasteiger partial charge >= 0.3 is 0 Å². The zero-order chi connectivity index (χ0) is 29.6. The molecule has 0 aliphatic heterocycles. The Morgan fingerprint density at radius 3 is 1.55 bits per heavy atom. The lowest BCUT2D eigenvalue weighted by atomic mass is 9.30. The minimum atomic E-state index is -2.44. The Kier molecular flexibility index (Phi) is 8.16. The van der Waals surface area contributed by atoms with E-state index >= 15 is 0 Å². The van der Waals surface area contributed by atoms with E-state index in [9.17, 15) is 40.2 Å².